The van der Waals surface area contributed by atoms with Crippen LogP contribution in [-0.2, 0) is 0 Å². The summed E-state index contributed by atoms with van der Waals surface area (Å²) < 4.78 is 0. The van der Waals surface area contributed by atoms with Crippen molar-refractivity contribution in [2.45, 2.75) is 58.3 Å². The van der Waals surface area contributed by atoms with E-state index in [0.717, 1.165) is 12.7 Å². The summed E-state index contributed by atoms with van der Waals surface area (Å²) in [5.41, 5.74) is 0. The summed E-state index contributed by atoms with van der Waals surface area (Å²) in [6, 6.07) is 0. The van der Waals surface area contributed by atoms with Gasteiger partial charge in [-0.2, -0.15) is 0 Å². The van der Waals surface area contributed by atoms with Crippen LogP contribution in [-0.4, -0.2) is 5.11 Å². The van der Waals surface area contributed by atoms with E-state index >= 15 is 0 Å². The van der Waals surface area contributed by atoms with Crippen molar-refractivity contribution in [3.05, 3.63) is 24.5 Å². The van der Waals surface area contributed by atoms with Gasteiger partial charge in [-0.1, -0.05) is 57.6 Å². The van der Waals surface area contributed by atoms with Crippen LogP contribution in [0.5, 0.6) is 0 Å². The Hall–Kier alpha value is -0.720. The molecule has 0 saturated carbocycles. The Morgan fingerprint density at radius 3 is 2.14 bits per heavy atom. The highest BCUT2D eigenvalue weighted by Gasteiger charge is 1.88. The van der Waals surface area contributed by atoms with Gasteiger partial charge in [-0.3, -0.25) is 0 Å². The fourth-order valence-electron chi connectivity index (χ4n) is 1.44. The highest BCUT2D eigenvalue weighted by atomic mass is 16.2. The second kappa shape index (κ2) is 12.3. The lowest BCUT2D eigenvalue weighted by Crippen LogP contribution is -1.78. The quantitative estimate of drug-likeness (QED) is 0.320. The average Bonchev–Trinajstić information content (AvgIpc) is 2.21. The van der Waals surface area contributed by atoms with Gasteiger partial charge in [0, 0.05) is 0 Å². The second-order valence-corrected chi connectivity index (χ2v) is 3.68. The number of hydrogen-bond acceptors (Lipinski definition) is 1. The first-order valence-electron chi connectivity index (χ1n) is 5.87. The normalized spacial score (nSPS) is 11.8. The number of rotatable bonds is 9. The van der Waals surface area contributed by atoms with Crippen LogP contribution in [0.1, 0.15) is 58.3 Å². The van der Waals surface area contributed by atoms with Gasteiger partial charge in [0.25, 0.3) is 0 Å². The molecule has 0 fully saturated rings. The van der Waals surface area contributed by atoms with Crippen LogP contribution >= 0.6 is 0 Å². The summed E-state index contributed by atoms with van der Waals surface area (Å²) in [6.07, 6.45) is 17.4. The lowest BCUT2D eigenvalue weighted by molar-refractivity contribution is 0.473. The van der Waals surface area contributed by atoms with E-state index in [1.807, 2.05) is 6.08 Å². The Bertz CT molecular complexity index is 147. The van der Waals surface area contributed by atoms with Crippen LogP contribution in [0.2, 0.25) is 0 Å². The smallest absolute Gasteiger partial charge is 0.0791 e. The summed E-state index contributed by atoms with van der Waals surface area (Å²) in [4.78, 5) is 0. The van der Waals surface area contributed by atoms with E-state index in [0.29, 0.717) is 0 Å². The summed E-state index contributed by atoms with van der Waals surface area (Å²) in [7, 11) is 0. The van der Waals surface area contributed by atoms with E-state index in [9.17, 15) is 0 Å². The zero-order valence-electron chi connectivity index (χ0n) is 9.41. The van der Waals surface area contributed by atoms with Crippen molar-refractivity contribution in [1.82, 2.24) is 0 Å². The van der Waals surface area contributed by atoms with Crippen LogP contribution in [0.3, 0.4) is 0 Å². The molecule has 0 aliphatic rings. The Morgan fingerprint density at radius 2 is 1.50 bits per heavy atom. The van der Waals surface area contributed by atoms with Crippen LogP contribution < -0.4 is 0 Å². The molecule has 0 atom stereocenters. The number of aliphatic hydroxyl groups is 1. The first-order valence-corrected chi connectivity index (χ1v) is 5.87. The lowest BCUT2D eigenvalue weighted by Gasteiger charge is -1.98. The number of allylic oxidation sites excluding steroid dienone is 3. The van der Waals surface area contributed by atoms with Gasteiger partial charge in [0.2, 0.25) is 0 Å². The SMILES string of the molecule is CCCCCCCCC/C=C\C=C\O. The molecule has 0 amide bonds. The monoisotopic (exact) mass is 196 g/mol. The maximum absolute atomic E-state index is 8.36. The molecule has 0 saturated heterocycles. The molecular weight excluding hydrogens is 172 g/mol. The van der Waals surface area contributed by atoms with Gasteiger partial charge in [-0.15, -0.1) is 0 Å². The van der Waals surface area contributed by atoms with Crippen LogP contribution in [0.4, 0.5) is 0 Å². The first-order chi connectivity index (χ1) is 6.91. The van der Waals surface area contributed by atoms with Gasteiger partial charge in [0.15, 0.2) is 0 Å². The molecule has 0 bridgehead atoms. The molecule has 0 unspecified atom stereocenters. The Morgan fingerprint density at radius 1 is 0.857 bits per heavy atom. The Kier molecular flexibility index (Phi) is 11.6. The molecule has 14 heavy (non-hydrogen) atoms. The lowest BCUT2D eigenvalue weighted by atomic mass is 10.1. The summed E-state index contributed by atoms with van der Waals surface area (Å²) in [5.74, 6) is 0. The number of unbranched alkanes of at least 4 members (excludes halogenated alkanes) is 7. The molecule has 0 aliphatic carbocycles. The molecule has 0 aliphatic heterocycles. The van der Waals surface area contributed by atoms with Crippen molar-refractivity contribution < 1.29 is 5.11 Å². The van der Waals surface area contributed by atoms with Gasteiger partial charge < -0.3 is 5.11 Å². The Balaban J connectivity index is 2.98. The third-order valence-corrected chi connectivity index (χ3v) is 2.31. The van der Waals surface area contributed by atoms with Crippen LogP contribution in [0.25, 0.3) is 0 Å². The maximum atomic E-state index is 8.36. The molecule has 1 N–H and O–H groups in total. The van der Waals surface area contributed by atoms with E-state index in [2.05, 4.69) is 13.0 Å². The molecule has 0 rings (SSSR count). The minimum absolute atomic E-state index is 1.07. The molecule has 0 heterocycles. The standard InChI is InChI=1S/C13H24O/c1-2-3-4-5-6-7-8-9-10-11-12-13-14/h10-14H,2-9H2,1H3/b11-10-,13-12+. The van der Waals surface area contributed by atoms with Gasteiger partial charge in [-0.05, 0) is 18.9 Å². The zero-order valence-corrected chi connectivity index (χ0v) is 9.41. The molecule has 82 valence electrons. The fraction of sp³-hybridized carbons (Fsp3) is 0.692. The molecule has 0 spiro atoms. The predicted molar refractivity (Wildman–Crippen MR) is 63.5 cm³/mol. The largest absolute Gasteiger partial charge is 0.516 e. The van der Waals surface area contributed by atoms with Gasteiger partial charge >= 0.3 is 0 Å². The average molecular weight is 196 g/mol. The summed E-state index contributed by atoms with van der Waals surface area (Å²) in [6.45, 7) is 2.25. The van der Waals surface area contributed by atoms with Crippen molar-refractivity contribution in [2.24, 2.45) is 0 Å². The van der Waals surface area contributed by atoms with Gasteiger partial charge in [0.1, 0.15) is 0 Å². The molecule has 0 radical (unpaired) electrons. The minimum Gasteiger partial charge on any atom is -0.516 e. The molecule has 1 heteroatoms. The number of hydrogen-bond donors (Lipinski definition) is 1. The van der Waals surface area contributed by atoms with E-state index in [4.69, 9.17) is 5.11 Å². The molecule has 0 aromatic heterocycles. The van der Waals surface area contributed by atoms with Crippen molar-refractivity contribution in [3.63, 3.8) is 0 Å². The fourth-order valence-corrected chi connectivity index (χ4v) is 1.44. The molecule has 0 aromatic rings. The first kappa shape index (κ1) is 13.3. The van der Waals surface area contributed by atoms with E-state index in [1.54, 1.807) is 6.08 Å². The summed E-state index contributed by atoms with van der Waals surface area (Å²) >= 11 is 0. The van der Waals surface area contributed by atoms with E-state index in [-0.39, 0.29) is 0 Å². The third-order valence-electron chi connectivity index (χ3n) is 2.31. The second-order valence-electron chi connectivity index (χ2n) is 3.68. The molecular formula is C13H24O. The highest BCUT2D eigenvalue weighted by Crippen LogP contribution is 2.08. The van der Waals surface area contributed by atoms with E-state index < -0.39 is 0 Å². The Labute approximate surface area is 88.5 Å². The van der Waals surface area contributed by atoms with Gasteiger partial charge in [0.05, 0.1) is 6.26 Å². The number of aliphatic hydroxyl groups excluding tert-OH is 1. The van der Waals surface area contributed by atoms with Crippen LogP contribution in [0.15, 0.2) is 24.5 Å². The highest BCUT2D eigenvalue weighted by molar-refractivity contribution is 4.98. The van der Waals surface area contributed by atoms with Crippen LogP contribution in [0, 0.1) is 0 Å². The zero-order chi connectivity index (χ0) is 10.5. The maximum Gasteiger partial charge on any atom is 0.0791 e. The molecule has 0 aromatic carbocycles. The predicted octanol–water partition coefficient (Wildman–Crippen LogP) is 4.76. The topological polar surface area (TPSA) is 20.2 Å². The van der Waals surface area contributed by atoms with Crippen molar-refractivity contribution in [2.75, 3.05) is 0 Å². The molecule has 1 nitrogen and oxygen atoms in total. The summed E-state index contributed by atoms with van der Waals surface area (Å²) in [5, 5.41) is 8.36. The minimum atomic E-state index is 1.07. The van der Waals surface area contributed by atoms with Crippen molar-refractivity contribution in [3.8, 4) is 0 Å². The third kappa shape index (κ3) is 11.3. The van der Waals surface area contributed by atoms with Gasteiger partial charge in [-0.25, -0.2) is 0 Å². The van der Waals surface area contributed by atoms with Crippen molar-refractivity contribution in [1.29, 1.82) is 0 Å². The van der Waals surface area contributed by atoms with Crippen molar-refractivity contribution >= 4 is 0 Å². The van der Waals surface area contributed by atoms with E-state index in [1.165, 1.54) is 44.9 Å².